The molecular formula is C26H30N2O3. The van der Waals surface area contributed by atoms with Crippen LogP contribution in [0.3, 0.4) is 0 Å². The first-order valence-corrected chi connectivity index (χ1v) is 10.5. The highest BCUT2D eigenvalue weighted by atomic mass is 16.6. The van der Waals surface area contributed by atoms with Gasteiger partial charge in [0, 0.05) is 5.39 Å². The molecule has 3 rings (SSSR count). The molecule has 3 aromatic rings. The van der Waals surface area contributed by atoms with Crippen molar-refractivity contribution in [3.63, 3.8) is 0 Å². The normalized spacial score (nSPS) is 12.9. The minimum Gasteiger partial charge on any atom is -0.443 e. The molecule has 0 saturated heterocycles. The summed E-state index contributed by atoms with van der Waals surface area (Å²) in [7, 11) is 1.78. The summed E-state index contributed by atoms with van der Waals surface area (Å²) in [6.45, 7) is 7.13. The number of fused-ring (bicyclic) bond motifs is 1. The van der Waals surface area contributed by atoms with E-state index in [-0.39, 0.29) is 11.8 Å². The fourth-order valence-corrected chi connectivity index (χ4v) is 3.61. The largest absolute Gasteiger partial charge is 0.443 e. The maximum atomic E-state index is 13.2. The Morgan fingerprint density at radius 1 is 1.03 bits per heavy atom. The molecule has 0 aliphatic rings. The van der Waals surface area contributed by atoms with Crippen molar-refractivity contribution in [1.82, 2.24) is 9.88 Å². The second kappa shape index (κ2) is 9.31. The summed E-state index contributed by atoms with van der Waals surface area (Å²) >= 11 is 0. The maximum absolute atomic E-state index is 13.2. The number of para-hydroxylation sites is 1. The smallest absolute Gasteiger partial charge is 0.419 e. The van der Waals surface area contributed by atoms with E-state index in [0.717, 1.165) is 27.7 Å². The minimum absolute atomic E-state index is 0.0505. The second-order valence-electron chi connectivity index (χ2n) is 8.60. The van der Waals surface area contributed by atoms with Crippen LogP contribution in [0.15, 0.2) is 54.6 Å². The first kappa shape index (κ1) is 22.5. The molecule has 162 valence electrons. The summed E-state index contributed by atoms with van der Waals surface area (Å²) in [6.07, 6.45) is 3.94. The van der Waals surface area contributed by atoms with E-state index < -0.39 is 11.7 Å². The third-order valence-electron chi connectivity index (χ3n) is 5.08. The molecule has 1 heterocycles. The average molecular weight is 419 g/mol. The van der Waals surface area contributed by atoms with Gasteiger partial charge in [0.25, 0.3) is 0 Å². The van der Waals surface area contributed by atoms with Crippen molar-refractivity contribution < 1.29 is 14.3 Å². The Bertz CT molecular complexity index is 1100. The van der Waals surface area contributed by atoms with Crippen molar-refractivity contribution in [2.24, 2.45) is 0 Å². The number of ketones is 1. The van der Waals surface area contributed by atoms with E-state index >= 15 is 0 Å². The van der Waals surface area contributed by atoms with Gasteiger partial charge in [-0.2, -0.15) is 0 Å². The van der Waals surface area contributed by atoms with Gasteiger partial charge in [-0.1, -0.05) is 54.6 Å². The monoisotopic (exact) mass is 418 g/mol. The molecule has 0 amide bonds. The van der Waals surface area contributed by atoms with Crippen LogP contribution in [0, 0.1) is 0 Å². The van der Waals surface area contributed by atoms with Crippen molar-refractivity contribution in [2.75, 3.05) is 7.05 Å². The fraction of sp³-hybridized carbons (Fsp3) is 0.308. The number of likely N-dealkylation sites (N-methyl/N-ethyl adjacent to an activating group) is 1. The molecule has 1 N–H and O–H groups in total. The number of Topliss-reactive ketones (excluding diaryl/α,β-unsaturated/α-hetero) is 1. The van der Waals surface area contributed by atoms with Gasteiger partial charge in [-0.15, -0.1) is 0 Å². The summed E-state index contributed by atoms with van der Waals surface area (Å²) in [6, 6.07) is 17.3. The Hall–Kier alpha value is -3.18. The Morgan fingerprint density at radius 2 is 1.68 bits per heavy atom. The Kier molecular flexibility index (Phi) is 6.76. The first-order chi connectivity index (χ1) is 14.7. The SMILES string of the molecule is CN[C@@H](Cc1c(/C=C/c2ccccc2)n(C(=O)OC(C)(C)C)c2ccccc12)C(C)=O. The van der Waals surface area contributed by atoms with Crippen LogP contribution in [0.5, 0.6) is 0 Å². The summed E-state index contributed by atoms with van der Waals surface area (Å²) in [5.41, 5.74) is 2.81. The van der Waals surface area contributed by atoms with Gasteiger partial charge in [-0.25, -0.2) is 9.36 Å². The molecule has 5 heteroatoms. The molecule has 1 atom stereocenters. The Morgan fingerprint density at radius 3 is 2.29 bits per heavy atom. The number of carbonyl (C=O) groups excluding carboxylic acids is 2. The quantitative estimate of drug-likeness (QED) is 0.589. The molecule has 0 spiro atoms. The first-order valence-electron chi connectivity index (χ1n) is 10.5. The number of rotatable bonds is 6. The highest BCUT2D eigenvalue weighted by Crippen LogP contribution is 2.30. The van der Waals surface area contributed by atoms with Gasteiger partial charge in [0.1, 0.15) is 11.4 Å². The Balaban J connectivity index is 2.22. The molecule has 0 radical (unpaired) electrons. The van der Waals surface area contributed by atoms with E-state index in [1.165, 1.54) is 0 Å². The van der Waals surface area contributed by atoms with Crippen LogP contribution < -0.4 is 5.32 Å². The zero-order chi connectivity index (χ0) is 22.6. The summed E-state index contributed by atoms with van der Waals surface area (Å²) in [5, 5.41) is 4.03. The van der Waals surface area contributed by atoms with Crippen LogP contribution >= 0.6 is 0 Å². The molecule has 2 aromatic carbocycles. The lowest BCUT2D eigenvalue weighted by atomic mass is 9.99. The summed E-state index contributed by atoms with van der Waals surface area (Å²) < 4.78 is 7.34. The van der Waals surface area contributed by atoms with Gasteiger partial charge < -0.3 is 10.1 Å². The van der Waals surface area contributed by atoms with Crippen LogP contribution in [-0.4, -0.2) is 35.1 Å². The number of hydrogen-bond acceptors (Lipinski definition) is 4. The van der Waals surface area contributed by atoms with Gasteiger partial charge >= 0.3 is 6.09 Å². The molecular weight excluding hydrogens is 388 g/mol. The van der Waals surface area contributed by atoms with Crippen LogP contribution in [0.1, 0.15) is 44.5 Å². The number of ether oxygens (including phenoxy) is 1. The third kappa shape index (κ3) is 5.30. The van der Waals surface area contributed by atoms with E-state index in [2.05, 4.69) is 5.32 Å². The van der Waals surface area contributed by atoms with Gasteiger partial charge in [0.05, 0.1) is 17.3 Å². The van der Waals surface area contributed by atoms with Gasteiger partial charge in [-0.05, 0) is 64.4 Å². The minimum atomic E-state index is -0.629. The number of benzene rings is 2. The lowest BCUT2D eigenvalue weighted by Gasteiger charge is -2.21. The molecule has 0 unspecified atom stereocenters. The fourth-order valence-electron chi connectivity index (χ4n) is 3.61. The van der Waals surface area contributed by atoms with Crippen molar-refractivity contribution in [3.05, 3.63) is 71.4 Å². The van der Waals surface area contributed by atoms with Gasteiger partial charge in [0.2, 0.25) is 0 Å². The number of carbonyl (C=O) groups is 2. The van der Waals surface area contributed by atoms with Crippen molar-refractivity contribution in [1.29, 1.82) is 0 Å². The summed E-state index contributed by atoms with van der Waals surface area (Å²) in [5.74, 6) is 0.0505. The molecule has 0 bridgehead atoms. The molecule has 0 aliphatic carbocycles. The lowest BCUT2D eigenvalue weighted by Crippen LogP contribution is -2.34. The van der Waals surface area contributed by atoms with E-state index in [1.54, 1.807) is 18.5 Å². The number of nitrogens with zero attached hydrogens (tertiary/aromatic N) is 1. The highest BCUT2D eigenvalue weighted by molar-refractivity contribution is 5.98. The van der Waals surface area contributed by atoms with E-state index in [1.807, 2.05) is 87.5 Å². The Labute approximate surface area is 183 Å². The molecule has 1 aromatic heterocycles. The third-order valence-corrected chi connectivity index (χ3v) is 5.08. The van der Waals surface area contributed by atoms with Gasteiger partial charge in [-0.3, -0.25) is 4.79 Å². The second-order valence-corrected chi connectivity index (χ2v) is 8.60. The predicted molar refractivity (Wildman–Crippen MR) is 126 cm³/mol. The standard InChI is InChI=1S/C26H30N2O3/c1-18(29)22(27-5)17-21-20-13-9-10-14-23(20)28(25(30)31-26(2,3)4)24(21)16-15-19-11-7-6-8-12-19/h6-16,22,27H,17H2,1-5H3/b16-15+/t22-/m0/s1. The van der Waals surface area contributed by atoms with Crippen molar-refractivity contribution >= 4 is 34.9 Å². The van der Waals surface area contributed by atoms with Gasteiger partial charge in [0.15, 0.2) is 0 Å². The zero-order valence-electron chi connectivity index (χ0n) is 18.8. The van der Waals surface area contributed by atoms with Crippen LogP contribution in [0.2, 0.25) is 0 Å². The maximum Gasteiger partial charge on any atom is 0.419 e. The molecule has 31 heavy (non-hydrogen) atoms. The van der Waals surface area contributed by atoms with E-state index in [9.17, 15) is 9.59 Å². The predicted octanol–water partition coefficient (Wildman–Crippen LogP) is 5.31. The van der Waals surface area contributed by atoms with E-state index in [0.29, 0.717) is 6.42 Å². The van der Waals surface area contributed by atoms with Crippen LogP contribution in [-0.2, 0) is 16.0 Å². The van der Waals surface area contributed by atoms with Crippen molar-refractivity contribution in [2.45, 2.75) is 45.8 Å². The molecule has 5 nitrogen and oxygen atoms in total. The average Bonchev–Trinajstić information content (AvgIpc) is 3.03. The molecule has 0 aliphatic heterocycles. The molecule has 0 fully saturated rings. The lowest BCUT2D eigenvalue weighted by molar-refractivity contribution is -0.118. The van der Waals surface area contributed by atoms with Crippen LogP contribution in [0.25, 0.3) is 23.1 Å². The topological polar surface area (TPSA) is 60.3 Å². The van der Waals surface area contributed by atoms with Crippen LogP contribution in [0.4, 0.5) is 4.79 Å². The number of aromatic nitrogens is 1. The number of hydrogen-bond donors (Lipinski definition) is 1. The summed E-state index contributed by atoms with van der Waals surface area (Å²) in [4.78, 5) is 25.4. The number of nitrogens with one attached hydrogen (secondary N) is 1. The zero-order valence-corrected chi connectivity index (χ0v) is 18.8. The molecule has 0 saturated carbocycles. The highest BCUT2D eigenvalue weighted by Gasteiger charge is 2.26. The van der Waals surface area contributed by atoms with E-state index in [4.69, 9.17) is 4.74 Å². The van der Waals surface area contributed by atoms with Crippen molar-refractivity contribution in [3.8, 4) is 0 Å².